The van der Waals surface area contributed by atoms with Crippen LogP contribution in [0.5, 0.6) is 5.75 Å². The normalized spacial score (nSPS) is 19.2. The van der Waals surface area contributed by atoms with Crippen LogP contribution in [-0.4, -0.2) is 39.3 Å². The number of carboxylic acid groups (broad SMARTS) is 1. The van der Waals surface area contributed by atoms with Crippen LogP contribution in [0.25, 0.3) is 11.4 Å². The summed E-state index contributed by atoms with van der Waals surface area (Å²) in [6, 6.07) is 7.30. The molecule has 0 aliphatic heterocycles. The van der Waals surface area contributed by atoms with Crippen molar-refractivity contribution in [2.24, 2.45) is 11.8 Å². The van der Waals surface area contributed by atoms with Gasteiger partial charge in [-0.25, -0.2) is 4.98 Å². The number of methoxy groups -OCH3 is 1. The first-order valence-electron chi connectivity index (χ1n) is 7.14. The van der Waals surface area contributed by atoms with Gasteiger partial charge in [-0.05, 0) is 30.7 Å². The molecule has 2 atom stereocenters. The molecule has 23 heavy (non-hydrogen) atoms. The molecule has 8 heteroatoms. The number of rotatable bonds is 6. The summed E-state index contributed by atoms with van der Waals surface area (Å²) in [4.78, 5) is 26.8. The maximum atomic E-state index is 11.8. The predicted octanol–water partition coefficient (Wildman–Crippen LogP) is 0.817. The fraction of sp³-hybridized carbons (Fsp3) is 0.333. The molecule has 0 radical (unpaired) electrons. The van der Waals surface area contributed by atoms with Gasteiger partial charge in [0.1, 0.15) is 11.6 Å². The van der Waals surface area contributed by atoms with Gasteiger partial charge < -0.3 is 15.2 Å². The van der Waals surface area contributed by atoms with E-state index in [-0.39, 0.29) is 12.5 Å². The van der Waals surface area contributed by atoms with Gasteiger partial charge in [-0.1, -0.05) is 0 Å². The topological polar surface area (TPSA) is 117 Å². The lowest BCUT2D eigenvalue weighted by molar-refractivity contribution is -0.140. The third kappa shape index (κ3) is 3.31. The number of nitrogens with one attached hydrogen (secondary N) is 2. The summed E-state index contributed by atoms with van der Waals surface area (Å²) >= 11 is 0. The summed E-state index contributed by atoms with van der Waals surface area (Å²) in [5.74, 6) is -0.403. The Kier molecular flexibility index (Phi) is 3.96. The second-order valence-corrected chi connectivity index (χ2v) is 5.34. The molecule has 120 valence electrons. The molecule has 0 saturated heterocycles. The summed E-state index contributed by atoms with van der Waals surface area (Å²) in [5, 5.41) is 18.3. The van der Waals surface area contributed by atoms with Gasteiger partial charge in [-0.2, -0.15) is 5.10 Å². The molecule has 1 amide bonds. The van der Waals surface area contributed by atoms with Crippen LogP contribution < -0.4 is 10.1 Å². The molecule has 1 aromatic carbocycles. The Labute approximate surface area is 131 Å². The van der Waals surface area contributed by atoms with E-state index in [9.17, 15) is 9.59 Å². The van der Waals surface area contributed by atoms with Gasteiger partial charge in [0, 0.05) is 5.56 Å². The van der Waals surface area contributed by atoms with Crippen LogP contribution in [0.2, 0.25) is 0 Å². The Balaban J connectivity index is 1.57. The molecule has 1 fully saturated rings. The maximum absolute atomic E-state index is 11.8. The third-order valence-electron chi connectivity index (χ3n) is 3.75. The zero-order chi connectivity index (χ0) is 16.4. The van der Waals surface area contributed by atoms with Crippen LogP contribution in [0.1, 0.15) is 12.2 Å². The molecule has 1 aliphatic rings. The molecule has 1 heterocycles. The number of nitrogens with zero attached hydrogens (tertiary/aromatic N) is 2. The number of carboxylic acids is 1. The Morgan fingerprint density at radius 2 is 2.09 bits per heavy atom. The fourth-order valence-corrected chi connectivity index (χ4v) is 2.30. The minimum Gasteiger partial charge on any atom is -0.497 e. The second-order valence-electron chi connectivity index (χ2n) is 5.34. The summed E-state index contributed by atoms with van der Waals surface area (Å²) in [6.07, 6.45) is 0.397. The molecule has 0 spiro atoms. The summed E-state index contributed by atoms with van der Waals surface area (Å²) in [5.41, 5.74) is 0.827. The molecule has 1 saturated carbocycles. The monoisotopic (exact) mass is 316 g/mol. The minimum absolute atomic E-state index is 0.185. The van der Waals surface area contributed by atoms with E-state index in [4.69, 9.17) is 9.84 Å². The van der Waals surface area contributed by atoms with Gasteiger partial charge in [-0.15, -0.1) is 0 Å². The standard InChI is InChI=1S/C15H16N4O4/c1-23-9-4-2-8(3-5-9)13-17-12(18-19-13)7-16-14(20)10-6-11(10)15(21)22/h2-5,10-11H,6-7H2,1H3,(H,16,20)(H,21,22)(H,17,18,19)/t10-,11+/m1/s1. The summed E-state index contributed by atoms with van der Waals surface area (Å²) < 4.78 is 5.09. The predicted molar refractivity (Wildman–Crippen MR) is 79.5 cm³/mol. The van der Waals surface area contributed by atoms with E-state index in [2.05, 4.69) is 20.5 Å². The first-order valence-corrected chi connectivity index (χ1v) is 7.14. The first kappa shape index (κ1) is 15.0. The van der Waals surface area contributed by atoms with E-state index in [1.54, 1.807) is 7.11 Å². The molecular weight excluding hydrogens is 300 g/mol. The van der Waals surface area contributed by atoms with Crippen LogP contribution in [0.4, 0.5) is 0 Å². The maximum Gasteiger partial charge on any atom is 0.307 e. The highest BCUT2D eigenvalue weighted by atomic mass is 16.5. The summed E-state index contributed by atoms with van der Waals surface area (Å²) in [6.45, 7) is 0.185. The second kappa shape index (κ2) is 6.07. The molecule has 0 unspecified atom stereocenters. The Morgan fingerprint density at radius 3 is 2.70 bits per heavy atom. The highest BCUT2D eigenvalue weighted by Crippen LogP contribution is 2.38. The number of benzene rings is 1. The number of hydrogen-bond donors (Lipinski definition) is 3. The largest absolute Gasteiger partial charge is 0.497 e. The molecule has 0 bridgehead atoms. The zero-order valence-corrected chi connectivity index (χ0v) is 12.4. The fourth-order valence-electron chi connectivity index (χ4n) is 2.30. The Morgan fingerprint density at radius 1 is 1.35 bits per heavy atom. The average molecular weight is 316 g/mol. The third-order valence-corrected chi connectivity index (χ3v) is 3.75. The van der Waals surface area contributed by atoms with Gasteiger partial charge in [0.2, 0.25) is 5.91 Å². The molecule has 1 aromatic heterocycles. The molecule has 3 rings (SSSR count). The van der Waals surface area contributed by atoms with Crippen LogP contribution in [-0.2, 0) is 16.1 Å². The van der Waals surface area contributed by atoms with Gasteiger partial charge in [-0.3, -0.25) is 14.7 Å². The van der Waals surface area contributed by atoms with Gasteiger partial charge >= 0.3 is 5.97 Å². The molecule has 2 aromatic rings. The first-order chi connectivity index (χ1) is 11.1. The number of amides is 1. The van der Waals surface area contributed by atoms with Crippen molar-refractivity contribution in [3.8, 4) is 17.1 Å². The Bertz CT molecular complexity index is 725. The average Bonchev–Trinajstić information content (AvgIpc) is 3.24. The number of ether oxygens (including phenoxy) is 1. The molecule has 3 N–H and O–H groups in total. The van der Waals surface area contributed by atoms with Crippen molar-refractivity contribution in [1.82, 2.24) is 20.5 Å². The van der Waals surface area contributed by atoms with E-state index in [0.717, 1.165) is 11.3 Å². The lowest BCUT2D eigenvalue weighted by atomic mass is 10.2. The smallest absolute Gasteiger partial charge is 0.307 e. The molecule has 1 aliphatic carbocycles. The highest BCUT2D eigenvalue weighted by Gasteiger charge is 2.48. The lowest BCUT2D eigenvalue weighted by Gasteiger charge is -2.01. The molecular formula is C15H16N4O4. The van der Waals surface area contributed by atoms with E-state index < -0.39 is 17.8 Å². The van der Waals surface area contributed by atoms with Crippen LogP contribution in [0.15, 0.2) is 24.3 Å². The number of carbonyl (C=O) groups is 2. The number of hydrogen-bond acceptors (Lipinski definition) is 5. The van der Waals surface area contributed by atoms with Crippen molar-refractivity contribution >= 4 is 11.9 Å². The van der Waals surface area contributed by atoms with E-state index >= 15 is 0 Å². The van der Waals surface area contributed by atoms with E-state index in [1.165, 1.54) is 0 Å². The van der Waals surface area contributed by atoms with Gasteiger partial charge in [0.25, 0.3) is 0 Å². The van der Waals surface area contributed by atoms with Crippen molar-refractivity contribution < 1.29 is 19.4 Å². The number of aromatic amines is 1. The van der Waals surface area contributed by atoms with Crippen molar-refractivity contribution in [2.45, 2.75) is 13.0 Å². The zero-order valence-electron chi connectivity index (χ0n) is 12.4. The van der Waals surface area contributed by atoms with Crippen molar-refractivity contribution in [3.63, 3.8) is 0 Å². The van der Waals surface area contributed by atoms with Gasteiger partial charge in [0.05, 0.1) is 25.5 Å². The minimum atomic E-state index is -0.924. The molecule has 8 nitrogen and oxygen atoms in total. The van der Waals surface area contributed by atoms with Crippen LogP contribution in [0, 0.1) is 11.8 Å². The number of carbonyl (C=O) groups excluding carboxylic acids is 1. The summed E-state index contributed by atoms with van der Waals surface area (Å²) in [7, 11) is 1.59. The highest BCUT2D eigenvalue weighted by molar-refractivity contribution is 5.89. The van der Waals surface area contributed by atoms with Crippen LogP contribution >= 0.6 is 0 Å². The van der Waals surface area contributed by atoms with E-state index in [0.29, 0.717) is 18.1 Å². The lowest BCUT2D eigenvalue weighted by Crippen LogP contribution is -2.26. The Hall–Kier alpha value is -2.90. The number of H-pyrrole nitrogens is 1. The van der Waals surface area contributed by atoms with Gasteiger partial charge in [0.15, 0.2) is 5.82 Å². The SMILES string of the molecule is COc1ccc(-c2n[nH]c(CNC(=O)[C@@H]3C[C@@H]3C(=O)O)n2)cc1. The van der Waals surface area contributed by atoms with Crippen molar-refractivity contribution in [1.29, 1.82) is 0 Å². The van der Waals surface area contributed by atoms with Crippen LogP contribution in [0.3, 0.4) is 0 Å². The van der Waals surface area contributed by atoms with Crippen molar-refractivity contribution in [3.05, 3.63) is 30.1 Å². The number of aromatic nitrogens is 3. The number of aliphatic carboxylic acids is 1. The van der Waals surface area contributed by atoms with Crippen molar-refractivity contribution in [2.75, 3.05) is 7.11 Å². The quantitative estimate of drug-likeness (QED) is 0.726. The van der Waals surface area contributed by atoms with E-state index in [1.807, 2.05) is 24.3 Å².